The van der Waals surface area contributed by atoms with Gasteiger partial charge in [-0.2, -0.15) is 0 Å². The van der Waals surface area contributed by atoms with Crippen molar-refractivity contribution in [1.82, 2.24) is 9.88 Å². The Morgan fingerprint density at radius 3 is 2.93 bits per heavy atom. The summed E-state index contributed by atoms with van der Waals surface area (Å²) in [6.07, 6.45) is 1.28. The molecular weight excluding hydrogens is 343 g/mol. The van der Waals surface area contributed by atoms with Gasteiger partial charge in [0.05, 0.1) is 25.0 Å². The highest BCUT2D eigenvalue weighted by Gasteiger charge is 2.43. The number of nitrogens with zero attached hydrogens (tertiary/aromatic N) is 2. The van der Waals surface area contributed by atoms with Crippen LogP contribution in [0.15, 0.2) is 42.5 Å². The highest BCUT2D eigenvalue weighted by atomic mass is 19.1. The van der Waals surface area contributed by atoms with Gasteiger partial charge in [-0.05, 0) is 37.5 Å². The maximum absolute atomic E-state index is 13.9. The average Bonchev–Trinajstić information content (AvgIpc) is 3.21. The molecule has 1 aromatic heterocycles. The Labute approximate surface area is 160 Å². The first-order valence-electron chi connectivity index (χ1n) is 9.76. The van der Waals surface area contributed by atoms with Crippen LogP contribution < -0.4 is 0 Å². The summed E-state index contributed by atoms with van der Waals surface area (Å²) < 4.78 is 25.8. The molecule has 0 aliphatic carbocycles. The summed E-state index contributed by atoms with van der Waals surface area (Å²) in [7, 11) is 0. The zero-order valence-electron chi connectivity index (χ0n) is 15.8. The Morgan fingerprint density at radius 1 is 1.19 bits per heavy atom. The SMILES string of the molecule is Cc1cccc(COCC[C@@H]2CO[C@@H]3CN(Cc4ccccc4F)C[C@H]23)n1. The molecule has 4 rings (SSSR count). The number of halogens is 1. The number of hydrogen-bond donors (Lipinski definition) is 0. The molecular formula is C22H27FN2O2. The van der Waals surface area contributed by atoms with Crippen molar-refractivity contribution in [3.63, 3.8) is 0 Å². The summed E-state index contributed by atoms with van der Waals surface area (Å²) in [5, 5.41) is 0. The Balaban J connectivity index is 1.23. The van der Waals surface area contributed by atoms with Crippen molar-refractivity contribution in [3.05, 3.63) is 65.2 Å². The van der Waals surface area contributed by atoms with Gasteiger partial charge in [0, 0.05) is 43.4 Å². The molecule has 0 bridgehead atoms. The first-order chi connectivity index (χ1) is 13.2. The number of fused-ring (bicyclic) bond motifs is 1. The predicted molar refractivity (Wildman–Crippen MR) is 102 cm³/mol. The van der Waals surface area contributed by atoms with Crippen LogP contribution in [0.2, 0.25) is 0 Å². The van der Waals surface area contributed by atoms with Crippen molar-refractivity contribution in [1.29, 1.82) is 0 Å². The summed E-state index contributed by atoms with van der Waals surface area (Å²) in [5.74, 6) is 0.925. The minimum absolute atomic E-state index is 0.120. The van der Waals surface area contributed by atoms with Crippen molar-refractivity contribution in [2.45, 2.75) is 32.6 Å². The molecule has 3 atom stereocenters. The van der Waals surface area contributed by atoms with E-state index in [4.69, 9.17) is 9.47 Å². The van der Waals surface area contributed by atoms with Crippen LogP contribution in [0.25, 0.3) is 0 Å². The molecule has 0 saturated carbocycles. The monoisotopic (exact) mass is 370 g/mol. The zero-order chi connectivity index (χ0) is 18.6. The van der Waals surface area contributed by atoms with Crippen LogP contribution in [0.3, 0.4) is 0 Å². The van der Waals surface area contributed by atoms with Crippen LogP contribution in [-0.4, -0.2) is 42.3 Å². The van der Waals surface area contributed by atoms with E-state index in [-0.39, 0.29) is 11.9 Å². The molecule has 2 aliphatic heterocycles. The van der Waals surface area contributed by atoms with Crippen LogP contribution in [0.4, 0.5) is 4.39 Å². The van der Waals surface area contributed by atoms with Gasteiger partial charge in [0.2, 0.25) is 0 Å². The largest absolute Gasteiger partial charge is 0.376 e. The normalized spacial score (nSPS) is 25.0. The second kappa shape index (κ2) is 8.46. The van der Waals surface area contributed by atoms with E-state index in [2.05, 4.69) is 9.88 Å². The molecule has 0 spiro atoms. The molecule has 5 heteroatoms. The number of aromatic nitrogens is 1. The molecule has 2 fully saturated rings. The second-order valence-electron chi connectivity index (χ2n) is 7.69. The zero-order valence-corrected chi connectivity index (χ0v) is 15.8. The van der Waals surface area contributed by atoms with Gasteiger partial charge in [-0.3, -0.25) is 9.88 Å². The van der Waals surface area contributed by atoms with Gasteiger partial charge in [0.1, 0.15) is 5.82 Å². The predicted octanol–water partition coefficient (Wildman–Crippen LogP) is 3.58. The molecule has 4 nitrogen and oxygen atoms in total. The van der Waals surface area contributed by atoms with Crippen molar-refractivity contribution in [3.8, 4) is 0 Å². The summed E-state index contributed by atoms with van der Waals surface area (Å²) in [4.78, 5) is 6.78. The van der Waals surface area contributed by atoms with Gasteiger partial charge in [0.25, 0.3) is 0 Å². The second-order valence-corrected chi connectivity index (χ2v) is 7.69. The molecule has 0 unspecified atom stereocenters. The maximum atomic E-state index is 13.9. The number of benzene rings is 1. The fourth-order valence-electron chi connectivity index (χ4n) is 4.27. The van der Waals surface area contributed by atoms with Crippen LogP contribution in [0.5, 0.6) is 0 Å². The molecule has 0 amide bonds. The lowest BCUT2D eigenvalue weighted by Crippen LogP contribution is -2.25. The summed E-state index contributed by atoms with van der Waals surface area (Å²) in [6, 6.07) is 13.0. The fraction of sp³-hybridized carbons (Fsp3) is 0.500. The molecule has 144 valence electrons. The third-order valence-corrected chi connectivity index (χ3v) is 5.70. The van der Waals surface area contributed by atoms with Crippen LogP contribution in [0.1, 0.15) is 23.4 Å². The van der Waals surface area contributed by atoms with Gasteiger partial charge >= 0.3 is 0 Å². The summed E-state index contributed by atoms with van der Waals surface area (Å²) >= 11 is 0. The van der Waals surface area contributed by atoms with E-state index in [1.807, 2.05) is 37.3 Å². The Bertz CT molecular complexity index is 769. The lowest BCUT2D eigenvalue weighted by molar-refractivity contribution is 0.0809. The van der Waals surface area contributed by atoms with Gasteiger partial charge in [-0.1, -0.05) is 24.3 Å². The minimum Gasteiger partial charge on any atom is -0.376 e. The topological polar surface area (TPSA) is 34.6 Å². The third kappa shape index (κ3) is 4.54. The van der Waals surface area contributed by atoms with E-state index in [1.54, 1.807) is 6.07 Å². The van der Waals surface area contributed by atoms with Crippen molar-refractivity contribution >= 4 is 0 Å². The molecule has 0 radical (unpaired) electrons. The fourth-order valence-corrected chi connectivity index (χ4v) is 4.27. The summed E-state index contributed by atoms with van der Waals surface area (Å²) in [5.41, 5.74) is 2.76. The van der Waals surface area contributed by atoms with E-state index < -0.39 is 0 Å². The van der Waals surface area contributed by atoms with E-state index in [1.165, 1.54) is 6.07 Å². The molecule has 3 heterocycles. The highest BCUT2D eigenvalue weighted by Crippen LogP contribution is 2.36. The van der Waals surface area contributed by atoms with Crippen LogP contribution in [0, 0.1) is 24.6 Å². The molecule has 2 aromatic rings. The molecule has 27 heavy (non-hydrogen) atoms. The Morgan fingerprint density at radius 2 is 2.07 bits per heavy atom. The molecule has 0 N–H and O–H groups in total. The van der Waals surface area contributed by atoms with E-state index in [9.17, 15) is 4.39 Å². The lowest BCUT2D eigenvalue weighted by Gasteiger charge is -2.20. The van der Waals surface area contributed by atoms with Crippen molar-refractivity contribution < 1.29 is 13.9 Å². The Hall–Kier alpha value is -1.82. The quantitative estimate of drug-likeness (QED) is 0.698. The maximum Gasteiger partial charge on any atom is 0.127 e. The smallest absolute Gasteiger partial charge is 0.127 e. The summed E-state index contributed by atoms with van der Waals surface area (Å²) in [6.45, 7) is 6.61. The van der Waals surface area contributed by atoms with Gasteiger partial charge in [0.15, 0.2) is 0 Å². The number of rotatable bonds is 7. The van der Waals surface area contributed by atoms with Gasteiger partial charge in [-0.25, -0.2) is 4.39 Å². The van der Waals surface area contributed by atoms with Crippen LogP contribution >= 0.6 is 0 Å². The first-order valence-corrected chi connectivity index (χ1v) is 9.76. The number of likely N-dealkylation sites (tertiary alicyclic amines) is 1. The number of hydrogen-bond acceptors (Lipinski definition) is 4. The van der Waals surface area contributed by atoms with Gasteiger partial charge < -0.3 is 9.47 Å². The average molecular weight is 370 g/mol. The molecule has 2 aliphatic rings. The minimum atomic E-state index is -0.120. The van der Waals surface area contributed by atoms with Crippen molar-refractivity contribution in [2.75, 3.05) is 26.3 Å². The van der Waals surface area contributed by atoms with Crippen LogP contribution in [-0.2, 0) is 22.6 Å². The van der Waals surface area contributed by atoms with Gasteiger partial charge in [-0.15, -0.1) is 0 Å². The van der Waals surface area contributed by atoms with E-state index in [0.717, 1.165) is 49.7 Å². The van der Waals surface area contributed by atoms with E-state index >= 15 is 0 Å². The number of ether oxygens (including phenoxy) is 2. The highest BCUT2D eigenvalue weighted by molar-refractivity contribution is 5.17. The Kier molecular flexibility index (Phi) is 5.81. The molecule has 2 saturated heterocycles. The third-order valence-electron chi connectivity index (χ3n) is 5.70. The van der Waals surface area contributed by atoms with E-state index in [0.29, 0.717) is 25.0 Å². The number of pyridine rings is 1. The first kappa shape index (κ1) is 18.5. The lowest BCUT2D eigenvalue weighted by atomic mass is 9.91. The molecule has 1 aromatic carbocycles. The van der Waals surface area contributed by atoms with Crippen molar-refractivity contribution in [2.24, 2.45) is 11.8 Å². The number of aryl methyl sites for hydroxylation is 1. The standard InChI is InChI=1S/C22H27FN2O2/c1-16-5-4-7-19(24-16)15-26-10-9-18-14-27-22-13-25(12-20(18)22)11-17-6-2-3-8-21(17)23/h2-8,18,20,22H,9-15H2,1H3/t18-,20-,22-/m1/s1.